The topological polar surface area (TPSA) is 98.8 Å². The summed E-state index contributed by atoms with van der Waals surface area (Å²) >= 11 is 0. The van der Waals surface area contributed by atoms with E-state index < -0.39 is 28.6 Å². The maximum atomic E-state index is 12.7. The fourth-order valence-corrected chi connectivity index (χ4v) is 3.74. The van der Waals surface area contributed by atoms with Crippen molar-refractivity contribution >= 4 is 22.0 Å². The smallest absolute Gasteiger partial charge is 0.342 e. The molecule has 0 bridgehead atoms. The summed E-state index contributed by atoms with van der Waals surface area (Å²) in [6, 6.07) is 10.8. The first-order valence-electron chi connectivity index (χ1n) is 9.21. The molecular formula is C21H25NO6S. The Morgan fingerprint density at radius 3 is 2.48 bits per heavy atom. The van der Waals surface area contributed by atoms with Gasteiger partial charge in [0.05, 0.1) is 0 Å². The minimum absolute atomic E-state index is 0.0219. The van der Waals surface area contributed by atoms with Gasteiger partial charge in [0.1, 0.15) is 10.5 Å². The summed E-state index contributed by atoms with van der Waals surface area (Å²) in [7, 11) is -4.16. The predicted molar refractivity (Wildman–Crippen MR) is 108 cm³/mol. The van der Waals surface area contributed by atoms with Crippen molar-refractivity contribution < 1.29 is 26.9 Å². The summed E-state index contributed by atoms with van der Waals surface area (Å²) in [5, 5.41) is 2.68. The van der Waals surface area contributed by atoms with Gasteiger partial charge in [-0.1, -0.05) is 31.2 Å². The first kappa shape index (κ1) is 22.4. The highest BCUT2D eigenvalue weighted by molar-refractivity contribution is 7.87. The average Bonchev–Trinajstić information content (AvgIpc) is 2.67. The molecule has 0 spiro atoms. The van der Waals surface area contributed by atoms with Crippen LogP contribution in [0.5, 0.6) is 5.75 Å². The van der Waals surface area contributed by atoms with Gasteiger partial charge < -0.3 is 14.2 Å². The number of benzene rings is 2. The molecule has 0 saturated heterocycles. The number of carbonyl (C=O) groups excluding carboxylic acids is 2. The van der Waals surface area contributed by atoms with E-state index in [0.29, 0.717) is 5.56 Å². The van der Waals surface area contributed by atoms with Crippen LogP contribution in [0.15, 0.2) is 47.4 Å². The second-order valence-corrected chi connectivity index (χ2v) is 8.27. The van der Waals surface area contributed by atoms with Gasteiger partial charge in [-0.3, -0.25) is 4.79 Å². The maximum Gasteiger partial charge on any atom is 0.342 e. The summed E-state index contributed by atoms with van der Waals surface area (Å²) in [6.07, 6.45) is 0.743. The molecule has 0 aliphatic rings. The first-order chi connectivity index (χ1) is 13.6. The minimum Gasteiger partial charge on any atom is -0.452 e. The number of ether oxygens (including phenoxy) is 1. The number of rotatable bonds is 8. The Hall–Kier alpha value is -2.87. The second kappa shape index (κ2) is 9.56. The molecule has 2 rings (SSSR count). The van der Waals surface area contributed by atoms with Gasteiger partial charge in [0.15, 0.2) is 12.4 Å². The molecule has 1 unspecified atom stereocenters. The van der Waals surface area contributed by atoms with Crippen LogP contribution in [0.2, 0.25) is 0 Å². The van der Waals surface area contributed by atoms with Gasteiger partial charge in [-0.2, -0.15) is 8.42 Å². The minimum atomic E-state index is -4.16. The average molecular weight is 419 g/mol. The number of esters is 1. The molecule has 0 radical (unpaired) electrons. The van der Waals surface area contributed by atoms with E-state index in [1.54, 1.807) is 38.1 Å². The van der Waals surface area contributed by atoms with Gasteiger partial charge in [-0.05, 0) is 56.5 Å². The van der Waals surface area contributed by atoms with Crippen LogP contribution < -0.4 is 9.50 Å². The van der Waals surface area contributed by atoms with Gasteiger partial charge in [-0.25, -0.2) is 4.79 Å². The summed E-state index contributed by atoms with van der Waals surface area (Å²) in [4.78, 5) is 24.2. The van der Waals surface area contributed by atoms with E-state index in [0.717, 1.165) is 12.0 Å². The lowest BCUT2D eigenvalue weighted by Crippen LogP contribution is -2.35. The fraction of sp³-hybridized carbons (Fsp3) is 0.333. The van der Waals surface area contributed by atoms with Crippen molar-refractivity contribution in [1.82, 2.24) is 5.32 Å². The van der Waals surface area contributed by atoms with Gasteiger partial charge in [0.25, 0.3) is 5.91 Å². The lowest BCUT2D eigenvalue weighted by Gasteiger charge is -2.14. The van der Waals surface area contributed by atoms with Crippen LogP contribution in [0.4, 0.5) is 0 Å². The first-order valence-corrected chi connectivity index (χ1v) is 10.6. The number of hydrogen-bond donors (Lipinski definition) is 1. The highest BCUT2D eigenvalue weighted by Crippen LogP contribution is 2.25. The summed E-state index contributed by atoms with van der Waals surface area (Å²) in [5.74, 6) is -1.45. The predicted octanol–water partition coefficient (Wildman–Crippen LogP) is 3.14. The van der Waals surface area contributed by atoms with E-state index in [1.165, 1.54) is 18.2 Å². The molecule has 2 aromatic carbocycles. The molecule has 29 heavy (non-hydrogen) atoms. The molecule has 0 aliphatic heterocycles. The third-order valence-electron chi connectivity index (χ3n) is 4.27. The van der Waals surface area contributed by atoms with Crippen LogP contribution in [0.1, 0.15) is 41.8 Å². The lowest BCUT2D eigenvalue weighted by molar-refractivity contribution is -0.124. The summed E-state index contributed by atoms with van der Waals surface area (Å²) in [5.41, 5.74) is 1.20. The van der Waals surface area contributed by atoms with Crippen LogP contribution in [0.3, 0.4) is 0 Å². The van der Waals surface area contributed by atoms with Gasteiger partial charge in [-0.15, -0.1) is 0 Å². The Kier molecular flexibility index (Phi) is 7.39. The number of amides is 1. The van der Waals surface area contributed by atoms with E-state index in [9.17, 15) is 18.0 Å². The Labute approximate surface area is 171 Å². The van der Waals surface area contributed by atoms with E-state index in [-0.39, 0.29) is 22.3 Å². The van der Waals surface area contributed by atoms with Crippen LogP contribution in [0.25, 0.3) is 0 Å². The molecule has 0 aliphatic carbocycles. The van der Waals surface area contributed by atoms with Crippen molar-refractivity contribution in [1.29, 1.82) is 0 Å². The van der Waals surface area contributed by atoms with Crippen molar-refractivity contribution in [2.75, 3.05) is 6.61 Å². The zero-order chi connectivity index (χ0) is 21.6. The SMILES string of the molecule is CCC(C)NC(=O)COC(=O)c1ccccc1OS(=O)(=O)c1cc(C)ccc1C. The van der Waals surface area contributed by atoms with Gasteiger partial charge in [0, 0.05) is 6.04 Å². The highest BCUT2D eigenvalue weighted by Gasteiger charge is 2.23. The van der Waals surface area contributed by atoms with E-state index in [2.05, 4.69) is 5.32 Å². The zero-order valence-electron chi connectivity index (χ0n) is 16.9. The number of carbonyl (C=O) groups is 2. The third-order valence-corrected chi connectivity index (χ3v) is 5.65. The molecule has 0 aromatic heterocycles. The van der Waals surface area contributed by atoms with Crippen molar-refractivity contribution in [2.24, 2.45) is 0 Å². The molecule has 7 nitrogen and oxygen atoms in total. The van der Waals surface area contributed by atoms with Crippen molar-refractivity contribution in [3.8, 4) is 5.75 Å². The standard InChI is InChI=1S/C21H25NO6S/c1-5-16(4)22-20(23)13-27-21(24)17-8-6-7-9-18(17)28-29(25,26)19-12-14(2)10-11-15(19)3/h6-12,16H,5,13H2,1-4H3,(H,22,23). The number of nitrogens with one attached hydrogen (secondary N) is 1. The van der Waals surface area contributed by atoms with E-state index in [1.807, 2.05) is 13.8 Å². The zero-order valence-corrected chi connectivity index (χ0v) is 17.7. The Balaban J connectivity index is 2.19. The monoisotopic (exact) mass is 419 g/mol. The van der Waals surface area contributed by atoms with Crippen LogP contribution >= 0.6 is 0 Å². The second-order valence-electron chi connectivity index (χ2n) is 6.76. The van der Waals surface area contributed by atoms with E-state index >= 15 is 0 Å². The Bertz CT molecular complexity index is 1000. The normalized spacial score (nSPS) is 12.1. The molecule has 1 N–H and O–H groups in total. The highest BCUT2D eigenvalue weighted by atomic mass is 32.2. The molecule has 156 valence electrons. The summed E-state index contributed by atoms with van der Waals surface area (Å²) < 4.78 is 35.7. The third kappa shape index (κ3) is 6.05. The Morgan fingerprint density at radius 2 is 1.79 bits per heavy atom. The molecule has 0 fully saturated rings. The maximum absolute atomic E-state index is 12.7. The molecule has 0 saturated carbocycles. The van der Waals surface area contributed by atoms with Gasteiger partial charge in [0.2, 0.25) is 0 Å². The van der Waals surface area contributed by atoms with Crippen LogP contribution in [0, 0.1) is 13.8 Å². The number of hydrogen-bond acceptors (Lipinski definition) is 6. The fourth-order valence-electron chi connectivity index (χ4n) is 2.48. The molecule has 0 heterocycles. The number of aryl methyl sites for hydroxylation is 2. The molecular weight excluding hydrogens is 394 g/mol. The van der Waals surface area contributed by atoms with Crippen molar-refractivity contribution in [2.45, 2.75) is 45.1 Å². The lowest BCUT2D eigenvalue weighted by atomic mass is 10.2. The largest absolute Gasteiger partial charge is 0.452 e. The van der Waals surface area contributed by atoms with Gasteiger partial charge >= 0.3 is 16.1 Å². The Morgan fingerprint density at radius 1 is 1.10 bits per heavy atom. The quantitative estimate of drug-likeness (QED) is 0.521. The molecule has 2 aromatic rings. The van der Waals surface area contributed by atoms with E-state index in [4.69, 9.17) is 8.92 Å². The molecule has 1 atom stereocenters. The van der Waals surface area contributed by atoms with Crippen LogP contribution in [-0.2, 0) is 19.6 Å². The summed E-state index contributed by atoms with van der Waals surface area (Å²) in [6.45, 7) is 6.71. The van der Waals surface area contributed by atoms with Crippen LogP contribution in [-0.4, -0.2) is 32.9 Å². The molecule has 8 heteroatoms. The number of para-hydroxylation sites is 1. The van der Waals surface area contributed by atoms with Crippen molar-refractivity contribution in [3.63, 3.8) is 0 Å². The van der Waals surface area contributed by atoms with Crippen molar-refractivity contribution in [3.05, 3.63) is 59.2 Å². The molecule has 1 amide bonds.